The number of allylic oxidation sites excluding steroid dienone is 2. The number of hydrogen-bond acceptors (Lipinski definition) is 4. The molecule has 1 saturated heterocycles. The van der Waals surface area contributed by atoms with Crippen molar-refractivity contribution in [2.75, 3.05) is 39.8 Å². The van der Waals surface area contributed by atoms with Crippen LogP contribution in [-0.2, 0) is 6.42 Å². The van der Waals surface area contributed by atoms with E-state index in [0.29, 0.717) is 6.04 Å². The number of likely N-dealkylation sites (N-methyl/N-ethyl adjacent to an activating group) is 1. The van der Waals surface area contributed by atoms with E-state index >= 15 is 0 Å². The lowest BCUT2D eigenvalue weighted by molar-refractivity contribution is 0.0664. The SMILES string of the molecule is CC1C=C(C2=CCc3ncc(-c4ccc(C(=O)N5CCN(C)CC5)cc4)cc32)CCN1C(=O)NC1CC1. The number of carbonyl (C=O) groups is 2. The summed E-state index contributed by atoms with van der Waals surface area (Å²) < 4.78 is 0. The van der Waals surface area contributed by atoms with Crippen molar-refractivity contribution in [3.05, 3.63) is 71.1 Å². The summed E-state index contributed by atoms with van der Waals surface area (Å²) in [5, 5.41) is 3.12. The summed E-state index contributed by atoms with van der Waals surface area (Å²) in [5.74, 6) is 0.107. The van der Waals surface area contributed by atoms with E-state index in [9.17, 15) is 9.59 Å². The minimum Gasteiger partial charge on any atom is -0.336 e. The molecule has 1 unspecified atom stereocenters. The number of urea groups is 1. The van der Waals surface area contributed by atoms with Crippen molar-refractivity contribution in [1.29, 1.82) is 0 Å². The number of pyridine rings is 1. The third kappa shape index (κ3) is 4.92. The van der Waals surface area contributed by atoms with E-state index in [1.54, 1.807) is 0 Å². The van der Waals surface area contributed by atoms with Gasteiger partial charge in [-0.05, 0) is 68.1 Å². The number of aromatic nitrogens is 1. The van der Waals surface area contributed by atoms with Gasteiger partial charge in [-0.25, -0.2) is 4.79 Å². The molecule has 2 aliphatic carbocycles. The molecule has 1 atom stereocenters. The maximum atomic E-state index is 12.9. The minimum absolute atomic E-state index is 0.0598. The number of carbonyl (C=O) groups excluding carboxylic acids is 2. The van der Waals surface area contributed by atoms with Gasteiger partial charge in [-0.15, -0.1) is 0 Å². The van der Waals surface area contributed by atoms with Crippen LogP contribution in [0.5, 0.6) is 0 Å². The van der Waals surface area contributed by atoms with Gasteiger partial charge < -0.3 is 20.0 Å². The number of benzene rings is 1. The summed E-state index contributed by atoms with van der Waals surface area (Å²) in [5.41, 5.74) is 7.69. The van der Waals surface area contributed by atoms with Gasteiger partial charge in [-0.1, -0.05) is 24.3 Å². The highest BCUT2D eigenvalue weighted by Crippen LogP contribution is 2.37. The van der Waals surface area contributed by atoms with Crippen LogP contribution in [-0.4, -0.2) is 83.5 Å². The first-order valence-corrected chi connectivity index (χ1v) is 13.5. The second-order valence-corrected chi connectivity index (χ2v) is 10.8. The fourth-order valence-electron chi connectivity index (χ4n) is 5.56. The lowest BCUT2D eigenvalue weighted by Gasteiger charge is -2.33. The third-order valence-corrected chi connectivity index (χ3v) is 8.08. The molecule has 1 N–H and O–H groups in total. The lowest BCUT2D eigenvalue weighted by atomic mass is 9.92. The van der Waals surface area contributed by atoms with E-state index in [4.69, 9.17) is 4.98 Å². The Labute approximate surface area is 218 Å². The smallest absolute Gasteiger partial charge is 0.318 e. The Bertz CT molecular complexity index is 1270. The first-order chi connectivity index (χ1) is 18.0. The summed E-state index contributed by atoms with van der Waals surface area (Å²) in [6, 6.07) is 10.7. The highest BCUT2D eigenvalue weighted by molar-refractivity contribution is 5.95. The minimum atomic E-state index is 0.0598. The fraction of sp³-hybridized carbons (Fsp3) is 0.433. The normalized spacial score (nSPS) is 21.8. The molecule has 6 rings (SSSR count). The molecule has 0 spiro atoms. The van der Waals surface area contributed by atoms with E-state index in [-0.39, 0.29) is 18.0 Å². The third-order valence-electron chi connectivity index (χ3n) is 8.08. The van der Waals surface area contributed by atoms with Crippen molar-refractivity contribution in [2.24, 2.45) is 0 Å². The molecule has 2 fully saturated rings. The van der Waals surface area contributed by atoms with Gasteiger partial charge in [0.2, 0.25) is 0 Å². The number of amides is 3. The molecule has 0 radical (unpaired) electrons. The summed E-state index contributed by atoms with van der Waals surface area (Å²) in [4.78, 5) is 36.4. The van der Waals surface area contributed by atoms with E-state index in [0.717, 1.165) is 80.8 Å². The predicted molar refractivity (Wildman–Crippen MR) is 145 cm³/mol. The number of nitrogens with one attached hydrogen (secondary N) is 1. The van der Waals surface area contributed by atoms with E-state index < -0.39 is 0 Å². The number of rotatable bonds is 4. The number of hydrogen-bond donors (Lipinski definition) is 1. The Hall–Kier alpha value is -3.45. The molecule has 1 saturated carbocycles. The van der Waals surface area contributed by atoms with E-state index in [1.165, 1.54) is 16.7 Å². The van der Waals surface area contributed by atoms with Crippen molar-refractivity contribution < 1.29 is 9.59 Å². The van der Waals surface area contributed by atoms with E-state index in [2.05, 4.69) is 42.4 Å². The van der Waals surface area contributed by atoms with Crippen LogP contribution in [0.25, 0.3) is 16.7 Å². The molecule has 0 bridgehead atoms. The standard InChI is InChI=1S/C30H35N5O2/c1-20-17-23(11-12-35(20)30(37)32-25-7-8-25)26-9-10-28-27(26)18-24(19-31-28)21-3-5-22(6-4-21)29(36)34-15-13-33(2)14-16-34/h3-6,9,17-20,25H,7-8,10-16H2,1-2H3,(H,32,37). The molecule has 1 aromatic heterocycles. The monoisotopic (exact) mass is 497 g/mol. The van der Waals surface area contributed by atoms with Crippen LogP contribution in [0.3, 0.4) is 0 Å². The maximum Gasteiger partial charge on any atom is 0.318 e. The zero-order chi connectivity index (χ0) is 25.5. The Morgan fingerprint density at radius 2 is 1.76 bits per heavy atom. The highest BCUT2D eigenvalue weighted by Gasteiger charge is 2.31. The van der Waals surface area contributed by atoms with Gasteiger partial charge in [0.15, 0.2) is 0 Å². The zero-order valence-electron chi connectivity index (χ0n) is 21.7. The first-order valence-electron chi connectivity index (χ1n) is 13.5. The number of fused-ring (bicyclic) bond motifs is 1. The molecule has 192 valence electrons. The Morgan fingerprint density at radius 3 is 2.46 bits per heavy atom. The molecule has 37 heavy (non-hydrogen) atoms. The topological polar surface area (TPSA) is 68.8 Å². The summed E-state index contributed by atoms with van der Waals surface area (Å²) in [6.45, 7) is 6.22. The molecule has 3 amide bonds. The lowest BCUT2D eigenvalue weighted by Crippen LogP contribution is -2.47. The molecule has 2 aromatic rings. The van der Waals surface area contributed by atoms with Crippen molar-refractivity contribution in [3.8, 4) is 11.1 Å². The molecule has 4 aliphatic rings. The van der Waals surface area contributed by atoms with Gasteiger partial charge in [0, 0.05) is 74.1 Å². The Kier molecular flexibility index (Phi) is 6.32. The Morgan fingerprint density at radius 1 is 1.00 bits per heavy atom. The van der Waals surface area contributed by atoms with Crippen LogP contribution in [0.1, 0.15) is 47.8 Å². The number of piperazine rings is 1. The molecule has 7 nitrogen and oxygen atoms in total. The van der Waals surface area contributed by atoms with Gasteiger partial charge in [-0.2, -0.15) is 0 Å². The maximum absolute atomic E-state index is 12.9. The van der Waals surface area contributed by atoms with Crippen molar-refractivity contribution in [3.63, 3.8) is 0 Å². The van der Waals surface area contributed by atoms with Crippen LogP contribution in [0.2, 0.25) is 0 Å². The molecule has 1 aromatic carbocycles. The first kappa shape index (κ1) is 23.9. The average molecular weight is 498 g/mol. The summed E-state index contributed by atoms with van der Waals surface area (Å²) >= 11 is 0. The zero-order valence-corrected chi connectivity index (χ0v) is 21.7. The second kappa shape index (κ2) is 9.78. The predicted octanol–water partition coefficient (Wildman–Crippen LogP) is 3.97. The molecule has 2 aliphatic heterocycles. The number of nitrogens with zero attached hydrogens (tertiary/aromatic N) is 4. The van der Waals surface area contributed by atoms with Gasteiger partial charge in [-0.3, -0.25) is 9.78 Å². The largest absolute Gasteiger partial charge is 0.336 e. The van der Waals surface area contributed by atoms with Crippen LogP contribution in [0.15, 0.2) is 54.3 Å². The van der Waals surface area contributed by atoms with Gasteiger partial charge in [0.05, 0.1) is 5.69 Å². The fourth-order valence-corrected chi connectivity index (χ4v) is 5.56. The van der Waals surface area contributed by atoms with Crippen LogP contribution >= 0.6 is 0 Å². The van der Waals surface area contributed by atoms with E-state index in [1.807, 2.05) is 40.3 Å². The molecular weight excluding hydrogens is 462 g/mol. The van der Waals surface area contributed by atoms with Crippen LogP contribution in [0, 0.1) is 0 Å². The van der Waals surface area contributed by atoms with Crippen molar-refractivity contribution in [1.82, 2.24) is 25.0 Å². The molecule has 3 heterocycles. The summed E-state index contributed by atoms with van der Waals surface area (Å²) in [6.07, 6.45) is 10.3. The quantitative estimate of drug-likeness (QED) is 0.694. The van der Waals surface area contributed by atoms with Crippen molar-refractivity contribution in [2.45, 2.75) is 44.7 Å². The van der Waals surface area contributed by atoms with Gasteiger partial charge in [0.25, 0.3) is 5.91 Å². The van der Waals surface area contributed by atoms with Crippen molar-refractivity contribution >= 4 is 17.5 Å². The summed E-state index contributed by atoms with van der Waals surface area (Å²) in [7, 11) is 2.09. The van der Waals surface area contributed by atoms with Gasteiger partial charge in [0.1, 0.15) is 0 Å². The Balaban J connectivity index is 1.17. The average Bonchev–Trinajstić information content (AvgIpc) is 3.63. The van der Waals surface area contributed by atoms with Crippen LogP contribution in [0.4, 0.5) is 4.79 Å². The molecule has 7 heteroatoms. The molecular formula is C30H35N5O2. The second-order valence-electron chi connectivity index (χ2n) is 10.8. The van der Waals surface area contributed by atoms with Crippen LogP contribution < -0.4 is 5.32 Å². The van der Waals surface area contributed by atoms with Gasteiger partial charge >= 0.3 is 6.03 Å². The highest BCUT2D eigenvalue weighted by atomic mass is 16.2.